The van der Waals surface area contributed by atoms with Crippen LogP contribution in [0.3, 0.4) is 0 Å². The first-order valence-corrected chi connectivity index (χ1v) is 15.9. The van der Waals surface area contributed by atoms with E-state index >= 15 is 0 Å². The van der Waals surface area contributed by atoms with Gasteiger partial charge in [0.25, 0.3) is 17.5 Å². The molecule has 1 heterocycles. The lowest BCUT2D eigenvalue weighted by Crippen LogP contribution is -2.30. The zero-order chi connectivity index (χ0) is 33.2. The number of ether oxygens (including phenoxy) is 1. The van der Waals surface area contributed by atoms with Gasteiger partial charge in [0.15, 0.2) is 5.13 Å². The van der Waals surface area contributed by atoms with Gasteiger partial charge in [0, 0.05) is 39.2 Å². The average molecular weight is 666 g/mol. The number of thioether (sulfide) groups is 1. The standard InChI is InChI=1S/C34H27N5O6S2/c1-45-27-12-5-7-22(17-27)18-29(36-32(41)23-8-3-2-4-9-23)33(42)35-25-13-15-28(16-14-25)46-21-31(40)38-34-37-30(20-47-34)24-10-6-11-26(19-24)39(43)44/h2-20H,21H2,1H3,(H,35,42)(H,36,41)(H,37,38,40)/b29-18-. The monoisotopic (exact) mass is 665 g/mol. The van der Waals surface area contributed by atoms with Crippen LogP contribution in [-0.4, -0.2) is 40.5 Å². The Kier molecular flexibility index (Phi) is 10.7. The van der Waals surface area contributed by atoms with Crippen molar-refractivity contribution in [2.75, 3.05) is 23.5 Å². The molecule has 47 heavy (non-hydrogen) atoms. The Hall–Kier alpha value is -5.79. The van der Waals surface area contributed by atoms with E-state index in [0.29, 0.717) is 39.0 Å². The number of nitrogens with one attached hydrogen (secondary N) is 3. The van der Waals surface area contributed by atoms with Crippen LogP contribution in [0.1, 0.15) is 15.9 Å². The van der Waals surface area contributed by atoms with E-state index in [1.54, 1.807) is 110 Å². The minimum atomic E-state index is -0.523. The molecule has 1 aromatic heterocycles. The maximum absolute atomic E-state index is 13.3. The predicted octanol–water partition coefficient (Wildman–Crippen LogP) is 6.87. The van der Waals surface area contributed by atoms with E-state index in [1.165, 1.54) is 35.2 Å². The number of nitrogens with zero attached hydrogens (tertiary/aromatic N) is 2. The Morgan fingerprint density at radius 2 is 1.70 bits per heavy atom. The van der Waals surface area contributed by atoms with E-state index in [4.69, 9.17) is 4.74 Å². The van der Waals surface area contributed by atoms with Crippen LogP contribution in [0.15, 0.2) is 119 Å². The first-order chi connectivity index (χ1) is 22.8. The highest BCUT2D eigenvalue weighted by molar-refractivity contribution is 8.00. The summed E-state index contributed by atoms with van der Waals surface area (Å²) in [6, 6.07) is 28.8. The van der Waals surface area contributed by atoms with Crippen molar-refractivity contribution in [2.45, 2.75) is 4.90 Å². The number of amides is 3. The molecule has 236 valence electrons. The molecule has 3 N–H and O–H groups in total. The molecule has 0 aliphatic rings. The molecule has 5 aromatic rings. The summed E-state index contributed by atoms with van der Waals surface area (Å²) in [5.41, 5.74) is 2.66. The zero-order valence-corrected chi connectivity index (χ0v) is 26.5. The van der Waals surface area contributed by atoms with Crippen LogP contribution < -0.4 is 20.7 Å². The van der Waals surface area contributed by atoms with Gasteiger partial charge >= 0.3 is 0 Å². The van der Waals surface area contributed by atoms with Crippen LogP contribution in [0.5, 0.6) is 5.75 Å². The van der Waals surface area contributed by atoms with Crippen molar-refractivity contribution < 1.29 is 24.0 Å². The van der Waals surface area contributed by atoms with Gasteiger partial charge in [0.05, 0.1) is 23.5 Å². The molecule has 0 aliphatic carbocycles. The molecule has 0 saturated heterocycles. The lowest BCUT2D eigenvalue weighted by Gasteiger charge is -2.12. The van der Waals surface area contributed by atoms with Crippen LogP contribution in [0, 0.1) is 10.1 Å². The lowest BCUT2D eigenvalue weighted by molar-refractivity contribution is -0.384. The molecular weight excluding hydrogens is 639 g/mol. The Morgan fingerprint density at radius 3 is 2.45 bits per heavy atom. The van der Waals surface area contributed by atoms with Crippen molar-refractivity contribution in [1.29, 1.82) is 0 Å². The minimum absolute atomic E-state index is 0.0389. The molecule has 0 unspecified atom stereocenters. The van der Waals surface area contributed by atoms with E-state index in [1.807, 2.05) is 0 Å². The van der Waals surface area contributed by atoms with Gasteiger partial charge in [0.2, 0.25) is 5.91 Å². The van der Waals surface area contributed by atoms with E-state index < -0.39 is 16.7 Å². The first kappa shape index (κ1) is 32.6. The van der Waals surface area contributed by atoms with Crippen molar-refractivity contribution in [3.8, 4) is 17.0 Å². The largest absolute Gasteiger partial charge is 0.497 e. The van der Waals surface area contributed by atoms with Crippen molar-refractivity contribution in [3.63, 3.8) is 0 Å². The third kappa shape index (κ3) is 9.12. The Balaban J connectivity index is 1.19. The van der Waals surface area contributed by atoms with Crippen molar-refractivity contribution >= 4 is 63.4 Å². The smallest absolute Gasteiger partial charge is 0.272 e. The summed E-state index contributed by atoms with van der Waals surface area (Å²) >= 11 is 2.52. The lowest BCUT2D eigenvalue weighted by atomic mass is 10.1. The van der Waals surface area contributed by atoms with E-state index in [-0.39, 0.29) is 23.0 Å². The number of benzene rings is 4. The summed E-state index contributed by atoms with van der Waals surface area (Å²) in [7, 11) is 1.54. The first-order valence-electron chi connectivity index (χ1n) is 14.0. The molecule has 0 atom stereocenters. The van der Waals surface area contributed by atoms with Gasteiger partial charge in [-0.2, -0.15) is 0 Å². The van der Waals surface area contributed by atoms with Gasteiger partial charge < -0.3 is 20.7 Å². The van der Waals surface area contributed by atoms with Crippen molar-refractivity contribution in [2.24, 2.45) is 0 Å². The quantitative estimate of drug-likeness (QED) is 0.0565. The Bertz CT molecular complexity index is 1940. The third-order valence-electron chi connectivity index (χ3n) is 6.52. The highest BCUT2D eigenvalue weighted by atomic mass is 32.2. The number of nitro groups is 1. The fourth-order valence-electron chi connectivity index (χ4n) is 4.22. The number of hydrogen-bond acceptors (Lipinski definition) is 9. The van der Waals surface area contributed by atoms with Gasteiger partial charge in [0.1, 0.15) is 11.4 Å². The maximum atomic E-state index is 13.3. The van der Waals surface area contributed by atoms with Crippen LogP contribution in [-0.2, 0) is 9.59 Å². The van der Waals surface area contributed by atoms with Gasteiger partial charge in [-0.15, -0.1) is 23.1 Å². The van der Waals surface area contributed by atoms with Gasteiger partial charge in [-0.3, -0.25) is 24.5 Å². The van der Waals surface area contributed by atoms with Crippen molar-refractivity contribution in [3.05, 3.63) is 135 Å². The van der Waals surface area contributed by atoms with Gasteiger partial charge in [-0.05, 0) is 60.2 Å². The molecule has 4 aromatic carbocycles. The van der Waals surface area contributed by atoms with E-state index in [2.05, 4.69) is 20.9 Å². The van der Waals surface area contributed by atoms with Crippen LogP contribution in [0.2, 0.25) is 0 Å². The number of hydrogen-bond donors (Lipinski definition) is 3. The zero-order valence-electron chi connectivity index (χ0n) is 24.8. The molecule has 3 amide bonds. The van der Waals surface area contributed by atoms with E-state index in [9.17, 15) is 24.5 Å². The topological polar surface area (TPSA) is 153 Å². The van der Waals surface area contributed by atoms with E-state index in [0.717, 1.165) is 4.90 Å². The highest BCUT2D eigenvalue weighted by Gasteiger charge is 2.16. The summed E-state index contributed by atoms with van der Waals surface area (Å²) in [5, 5.41) is 21.4. The molecule has 5 rings (SSSR count). The summed E-state index contributed by atoms with van der Waals surface area (Å²) in [4.78, 5) is 54.6. The van der Waals surface area contributed by atoms with Crippen LogP contribution >= 0.6 is 23.1 Å². The van der Waals surface area contributed by atoms with Crippen molar-refractivity contribution in [1.82, 2.24) is 10.3 Å². The molecule has 0 bridgehead atoms. The molecular formula is C34H27N5O6S2. The average Bonchev–Trinajstić information content (AvgIpc) is 3.56. The van der Waals surface area contributed by atoms with Crippen LogP contribution in [0.4, 0.5) is 16.5 Å². The number of nitro benzene ring substituents is 1. The summed E-state index contributed by atoms with van der Waals surface area (Å²) in [6.45, 7) is 0. The number of aromatic nitrogens is 1. The molecule has 11 nitrogen and oxygen atoms in total. The number of non-ortho nitro benzene ring substituents is 1. The summed E-state index contributed by atoms with van der Waals surface area (Å²) < 4.78 is 5.28. The second-order valence-corrected chi connectivity index (χ2v) is 11.7. The molecule has 0 saturated carbocycles. The summed E-state index contributed by atoms with van der Waals surface area (Å²) in [6.07, 6.45) is 1.57. The highest BCUT2D eigenvalue weighted by Crippen LogP contribution is 2.28. The normalized spacial score (nSPS) is 11.0. The fourth-order valence-corrected chi connectivity index (χ4v) is 5.65. The summed E-state index contributed by atoms with van der Waals surface area (Å²) in [5.74, 6) is -0.515. The van der Waals surface area contributed by atoms with Gasteiger partial charge in [-0.1, -0.05) is 42.5 Å². The number of rotatable bonds is 12. The molecule has 0 spiro atoms. The SMILES string of the molecule is COc1cccc(/C=C(\NC(=O)c2ccccc2)C(=O)Nc2ccc(SCC(=O)Nc3nc(-c4cccc([N+](=O)[O-])c4)cs3)cc2)c1. The number of anilines is 2. The number of thiazole rings is 1. The molecule has 13 heteroatoms. The molecule has 0 radical (unpaired) electrons. The maximum Gasteiger partial charge on any atom is 0.272 e. The minimum Gasteiger partial charge on any atom is -0.497 e. The van der Waals surface area contributed by atoms with Crippen LogP contribution in [0.25, 0.3) is 17.3 Å². The fraction of sp³-hybridized carbons (Fsp3) is 0.0588. The predicted molar refractivity (Wildman–Crippen MR) is 184 cm³/mol. The Labute approximate surface area is 277 Å². The number of carbonyl (C=O) groups is 3. The van der Waals surface area contributed by atoms with Gasteiger partial charge in [-0.25, -0.2) is 4.98 Å². The molecule has 0 aliphatic heterocycles. The number of carbonyl (C=O) groups excluding carboxylic acids is 3. The Morgan fingerprint density at radius 1 is 0.936 bits per heavy atom. The second kappa shape index (κ2) is 15.5. The second-order valence-electron chi connectivity index (χ2n) is 9.82. The molecule has 0 fully saturated rings. The number of methoxy groups -OCH3 is 1. The third-order valence-corrected chi connectivity index (χ3v) is 8.29.